The van der Waals surface area contributed by atoms with E-state index in [1.165, 1.54) is 11.3 Å². The lowest BCUT2D eigenvalue weighted by Gasteiger charge is -2.38. The number of para-hydroxylation sites is 1. The Morgan fingerprint density at radius 1 is 1.17 bits per heavy atom. The largest absolute Gasteiger partial charge is 0.368 e. The highest BCUT2D eigenvalue weighted by atomic mass is 16.2. The molecule has 1 heterocycles. The number of amides is 1. The highest BCUT2D eigenvalue weighted by Crippen LogP contribution is 2.32. The summed E-state index contributed by atoms with van der Waals surface area (Å²) in [6, 6.07) is 8.62. The smallest absolute Gasteiger partial charge is 0.246 e. The maximum absolute atomic E-state index is 12.1. The number of anilines is 1. The van der Waals surface area contributed by atoms with Gasteiger partial charge in [0.1, 0.15) is 0 Å². The van der Waals surface area contributed by atoms with Gasteiger partial charge < -0.3 is 15.1 Å². The minimum atomic E-state index is 0.115. The molecule has 1 aromatic rings. The van der Waals surface area contributed by atoms with E-state index in [0.717, 1.165) is 32.7 Å². The van der Waals surface area contributed by atoms with Gasteiger partial charge in [0.05, 0.1) is 0 Å². The molecule has 1 N–H and O–H groups in total. The minimum Gasteiger partial charge on any atom is -0.368 e. The van der Waals surface area contributed by atoms with Crippen LogP contribution in [0.15, 0.2) is 36.4 Å². The van der Waals surface area contributed by atoms with Gasteiger partial charge in [-0.3, -0.25) is 4.79 Å². The lowest BCUT2D eigenvalue weighted by molar-refractivity contribution is -0.126. The molecule has 0 spiro atoms. The molecule has 0 aromatic heterocycles. The number of carbonyl (C=O) groups is 1. The van der Waals surface area contributed by atoms with E-state index in [1.54, 1.807) is 6.08 Å². The van der Waals surface area contributed by atoms with E-state index < -0.39 is 0 Å². The summed E-state index contributed by atoms with van der Waals surface area (Å²) in [7, 11) is 1.88. The van der Waals surface area contributed by atoms with Crippen LogP contribution in [-0.4, -0.2) is 50.6 Å². The van der Waals surface area contributed by atoms with Gasteiger partial charge in [-0.05, 0) is 24.1 Å². The molecule has 23 heavy (non-hydrogen) atoms. The van der Waals surface area contributed by atoms with E-state index in [0.29, 0.717) is 0 Å². The van der Waals surface area contributed by atoms with Crippen LogP contribution in [-0.2, 0) is 10.2 Å². The van der Waals surface area contributed by atoms with Crippen molar-refractivity contribution in [1.82, 2.24) is 10.2 Å². The van der Waals surface area contributed by atoms with Crippen molar-refractivity contribution in [3.05, 3.63) is 42.0 Å². The van der Waals surface area contributed by atoms with Crippen LogP contribution in [0.5, 0.6) is 0 Å². The molecule has 0 unspecified atom stereocenters. The molecule has 4 heteroatoms. The van der Waals surface area contributed by atoms with Gasteiger partial charge in [0.25, 0.3) is 0 Å². The topological polar surface area (TPSA) is 35.6 Å². The molecule has 1 fully saturated rings. The Bertz CT molecular complexity index is 552. The SMILES string of the molecule is CNC/C=C\C(=O)N1CCN(c2ccccc2C(C)(C)C)CC1. The standard InChI is InChI=1S/C19H29N3O/c1-19(2,3)16-8-5-6-9-17(16)21-12-14-22(15-13-21)18(23)10-7-11-20-4/h5-10,20H,11-15H2,1-4H3/b10-7-. The van der Waals surface area contributed by atoms with Crippen LogP contribution in [0.25, 0.3) is 0 Å². The van der Waals surface area contributed by atoms with Crippen molar-refractivity contribution in [2.45, 2.75) is 26.2 Å². The zero-order chi connectivity index (χ0) is 16.9. The van der Waals surface area contributed by atoms with Gasteiger partial charge in [-0.15, -0.1) is 0 Å². The van der Waals surface area contributed by atoms with Crippen LogP contribution in [0.2, 0.25) is 0 Å². The number of hydrogen-bond donors (Lipinski definition) is 1. The normalized spacial score (nSPS) is 16.2. The Kier molecular flexibility index (Phi) is 5.83. The molecule has 0 aliphatic carbocycles. The van der Waals surface area contributed by atoms with Gasteiger partial charge in [0, 0.05) is 44.5 Å². The minimum absolute atomic E-state index is 0.115. The molecule has 0 radical (unpaired) electrons. The number of benzene rings is 1. The third-order valence-corrected chi connectivity index (χ3v) is 4.23. The number of carbonyl (C=O) groups excluding carboxylic acids is 1. The van der Waals surface area contributed by atoms with E-state index in [2.05, 4.69) is 55.3 Å². The zero-order valence-electron chi connectivity index (χ0n) is 14.8. The maximum Gasteiger partial charge on any atom is 0.246 e. The fourth-order valence-electron chi connectivity index (χ4n) is 2.93. The van der Waals surface area contributed by atoms with Gasteiger partial charge in [0.2, 0.25) is 5.91 Å². The van der Waals surface area contributed by atoms with Crippen molar-refractivity contribution in [3.63, 3.8) is 0 Å². The Morgan fingerprint density at radius 3 is 2.43 bits per heavy atom. The van der Waals surface area contributed by atoms with Crippen molar-refractivity contribution in [2.24, 2.45) is 0 Å². The summed E-state index contributed by atoms with van der Waals surface area (Å²) in [5.74, 6) is 0.115. The van der Waals surface area contributed by atoms with E-state index >= 15 is 0 Å². The predicted molar refractivity (Wildman–Crippen MR) is 97.0 cm³/mol. The molecule has 0 saturated carbocycles. The van der Waals surface area contributed by atoms with Gasteiger partial charge in [-0.25, -0.2) is 0 Å². The van der Waals surface area contributed by atoms with E-state index in [-0.39, 0.29) is 11.3 Å². The van der Waals surface area contributed by atoms with Crippen LogP contribution in [0.4, 0.5) is 5.69 Å². The predicted octanol–water partition coefficient (Wildman–Crippen LogP) is 2.41. The first-order valence-electron chi connectivity index (χ1n) is 8.38. The number of nitrogens with zero attached hydrogens (tertiary/aromatic N) is 2. The summed E-state index contributed by atoms with van der Waals surface area (Å²) < 4.78 is 0. The summed E-state index contributed by atoms with van der Waals surface area (Å²) in [5, 5.41) is 3.01. The molecule has 1 aliphatic heterocycles. The average Bonchev–Trinajstić information content (AvgIpc) is 2.54. The molecule has 126 valence electrons. The Morgan fingerprint density at radius 2 is 1.83 bits per heavy atom. The fraction of sp³-hybridized carbons (Fsp3) is 0.526. The van der Waals surface area contributed by atoms with Crippen LogP contribution in [0.1, 0.15) is 26.3 Å². The van der Waals surface area contributed by atoms with Crippen molar-refractivity contribution < 1.29 is 4.79 Å². The highest BCUT2D eigenvalue weighted by molar-refractivity contribution is 5.87. The number of hydrogen-bond acceptors (Lipinski definition) is 3. The summed E-state index contributed by atoms with van der Waals surface area (Å²) >= 11 is 0. The van der Waals surface area contributed by atoms with Gasteiger partial charge in [-0.2, -0.15) is 0 Å². The monoisotopic (exact) mass is 315 g/mol. The zero-order valence-corrected chi connectivity index (χ0v) is 14.8. The first kappa shape index (κ1) is 17.5. The van der Waals surface area contributed by atoms with E-state index in [1.807, 2.05) is 18.0 Å². The van der Waals surface area contributed by atoms with Crippen molar-refractivity contribution in [1.29, 1.82) is 0 Å². The molecule has 1 amide bonds. The lowest BCUT2D eigenvalue weighted by Crippen LogP contribution is -2.48. The first-order valence-corrected chi connectivity index (χ1v) is 8.38. The third kappa shape index (κ3) is 4.58. The van der Waals surface area contributed by atoms with Crippen LogP contribution in [0, 0.1) is 0 Å². The second kappa shape index (κ2) is 7.64. The average molecular weight is 315 g/mol. The second-order valence-corrected chi connectivity index (χ2v) is 7.04. The Hall–Kier alpha value is -1.81. The van der Waals surface area contributed by atoms with Crippen LogP contribution in [0.3, 0.4) is 0 Å². The fourth-order valence-corrected chi connectivity index (χ4v) is 2.93. The number of nitrogens with one attached hydrogen (secondary N) is 1. The van der Waals surface area contributed by atoms with Gasteiger partial charge in [-0.1, -0.05) is 45.0 Å². The van der Waals surface area contributed by atoms with Gasteiger partial charge in [0.15, 0.2) is 0 Å². The maximum atomic E-state index is 12.1. The molecule has 1 aromatic carbocycles. The number of rotatable bonds is 4. The van der Waals surface area contributed by atoms with E-state index in [4.69, 9.17) is 0 Å². The summed E-state index contributed by atoms with van der Waals surface area (Å²) in [4.78, 5) is 16.5. The van der Waals surface area contributed by atoms with Crippen LogP contribution < -0.4 is 10.2 Å². The lowest BCUT2D eigenvalue weighted by atomic mass is 9.85. The molecular formula is C19H29N3O. The molecule has 1 aliphatic rings. The molecule has 0 atom stereocenters. The summed E-state index contributed by atoms with van der Waals surface area (Å²) in [6.07, 6.45) is 3.55. The van der Waals surface area contributed by atoms with Gasteiger partial charge >= 0.3 is 0 Å². The first-order chi connectivity index (χ1) is 10.9. The van der Waals surface area contributed by atoms with Crippen molar-refractivity contribution in [2.75, 3.05) is 44.7 Å². The van der Waals surface area contributed by atoms with Crippen molar-refractivity contribution in [3.8, 4) is 0 Å². The Labute approximate surface area is 140 Å². The van der Waals surface area contributed by atoms with Crippen LogP contribution >= 0.6 is 0 Å². The molecule has 2 rings (SSSR count). The number of likely N-dealkylation sites (N-methyl/N-ethyl adjacent to an activating group) is 1. The molecule has 1 saturated heterocycles. The molecule has 4 nitrogen and oxygen atoms in total. The molecule has 0 bridgehead atoms. The summed E-state index contributed by atoms with van der Waals surface area (Å²) in [6.45, 7) is 10.8. The van der Waals surface area contributed by atoms with Crippen molar-refractivity contribution >= 4 is 11.6 Å². The Balaban J connectivity index is 2.01. The second-order valence-electron chi connectivity index (χ2n) is 7.04. The quantitative estimate of drug-likeness (QED) is 0.867. The highest BCUT2D eigenvalue weighted by Gasteiger charge is 2.24. The van der Waals surface area contributed by atoms with E-state index in [9.17, 15) is 4.79 Å². The third-order valence-electron chi connectivity index (χ3n) is 4.23. The summed E-state index contributed by atoms with van der Waals surface area (Å²) in [5.41, 5.74) is 2.80. The number of piperazine rings is 1. The molecular weight excluding hydrogens is 286 g/mol.